The Balaban J connectivity index is 1.88. The molecule has 25 heavy (non-hydrogen) atoms. The molecular weight excluding hydrogens is 338 g/mol. The lowest BCUT2D eigenvalue weighted by molar-refractivity contribution is -0.140. The number of carbonyl (C=O) groups excluding carboxylic acids is 1. The number of hydrogen-bond acceptors (Lipinski definition) is 4. The normalized spacial score (nSPS) is 22.5. The number of alkyl halides is 3. The Morgan fingerprint density at radius 2 is 2.16 bits per heavy atom. The fourth-order valence-electron chi connectivity index (χ4n) is 3.02. The van der Waals surface area contributed by atoms with Gasteiger partial charge in [-0.15, -0.1) is 0 Å². The summed E-state index contributed by atoms with van der Waals surface area (Å²) in [6, 6.07) is 5.77. The molecule has 0 saturated heterocycles. The highest BCUT2D eigenvalue weighted by molar-refractivity contribution is 5.65. The predicted octanol–water partition coefficient (Wildman–Crippen LogP) is 3.51. The fourth-order valence-corrected chi connectivity index (χ4v) is 3.02. The molecule has 1 N–H and O–H groups in total. The van der Waals surface area contributed by atoms with E-state index in [1.54, 1.807) is 6.07 Å². The maximum atomic E-state index is 13.5. The third-order valence-corrected chi connectivity index (χ3v) is 4.47. The van der Waals surface area contributed by atoms with Gasteiger partial charge in [-0.05, 0) is 31.0 Å². The van der Waals surface area contributed by atoms with Crippen molar-refractivity contribution in [3.8, 4) is 0 Å². The number of rotatable bonds is 5. The molecule has 1 aromatic heterocycles. The van der Waals surface area contributed by atoms with Gasteiger partial charge in [-0.2, -0.15) is 13.2 Å². The lowest BCUT2D eigenvalue weighted by Crippen LogP contribution is -2.25. The Hall–Kier alpha value is -2.51. The van der Waals surface area contributed by atoms with E-state index in [1.807, 2.05) is 0 Å². The highest BCUT2D eigenvalue weighted by Gasteiger charge is 2.55. The van der Waals surface area contributed by atoms with Crippen molar-refractivity contribution in [2.75, 3.05) is 11.9 Å². The van der Waals surface area contributed by atoms with Crippen LogP contribution in [0.3, 0.4) is 0 Å². The summed E-state index contributed by atoms with van der Waals surface area (Å²) in [5.74, 6) is -0.819. The molecule has 2 aromatic rings. The van der Waals surface area contributed by atoms with E-state index >= 15 is 0 Å². The van der Waals surface area contributed by atoms with Gasteiger partial charge in [0.15, 0.2) is 5.69 Å². The largest absolute Gasteiger partial charge is 0.435 e. The fraction of sp³-hybridized carbons (Fsp3) is 0.353. The number of hydrogen-bond donors (Lipinski definition) is 1. The van der Waals surface area contributed by atoms with E-state index in [4.69, 9.17) is 0 Å². The molecule has 1 aliphatic rings. The lowest BCUT2D eigenvalue weighted by atomic mass is 9.93. The van der Waals surface area contributed by atoms with Crippen molar-refractivity contribution in [2.45, 2.75) is 24.9 Å². The van der Waals surface area contributed by atoms with Gasteiger partial charge in [0.2, 0.25) is 0 Å². The molecule has 0 aliphatic heterocycles. The van der Waals surface area contributed by atoms with Crippen LogP contribution in [0.5, 0.6) is 0 Å². The van der Waals surface area contributed by atoms with Gasteiger partial charge in [-0.3, -0.25) is 0 Å². The first-order valence-electron chi connectivity index (χ1n) is 7.62. The van der Waals surface area contributed by atoms with E-state index < -0.39 is 23.1 Å². The first-order chi connectivity index (χ1) is 11.8. The lowest BCUT2D eigenvalue weighted by Gasteiger charge is -2.20. The number of aryl methyl sites for hydroxylation is 1. The van der Waals surface area contributed by atoms with Gasteiger partial charge in [-0.1, -0.05) is 12.1 Å². The molecule has 2 atom stereocenters. The van der Waals surface area contributed by atoms with Crippen LogP contribution >= 0.6 is 0 Å². The zero-order valence-electron chi connectivity index (χ0n) is 13.3. The summed E-state index contributed by atoms with van der Waals surface area (Å²) in [5, 5.41) is 2.71. The molecule has 1 heterocycles. The summed E-state index contributed by atoms with van der Waals surface area (Å²) in [4.78, 5) is 18.5. The maximum absolute atomic E-state index is 13.5. The minimum absolute atomic E-state index is 0.00917. The molecule has 1 saturated carbocycles. The van der Waals surface area contributed by atoms with Crippen LogP contribution in [0.15, 0.2) is 30.5 Å². The molecule has 1 fully saturated rings. The third-order valence-electron chi connectivity index (χ3n) is 4.47. The highest BCUT2D eigenvalue weighted by atomic mass is 19.4. The Morgan fingerprint density at radius 3 is 2.76 bits per heavy atom. The summed E-state index contributed by atoms with van der Waals surface area (Å²) in [6.07, 6.45) is -2.36. The van der Waals surface area contributed by atoms with Gasteiger partial charge in [0, 0.05) is 17.9 Å². The van der Waals surface area contributed by atoms with Gasteiger partial charge in [-0.25, -0.2) is 14.4 Å². The second kappa shape index (κ2) is 6.09. The summed E-state index contributed by atoms with van der Waals surface area (Å²) in [5.41, 5.74) is -1.46. The number of benzene rings is 1. The van der Waals surface area contributed by atoms with Crippen LogP contribution in [0.2, 0.25) is 0 Å². The van der Waals surface area contributed by atoms with Crippen molar-refractivity contribution in [1.29, 1.82) is 0 Å². The summed E-state index contributed by atoms with van der Waals surface area (Å²) >= 11 is 0. The number of aldehydes is 1. The Labute approximate surface area is 141 Å². The van der Waals surface area contributed by atoms with E-state index in [-0.39, 0.29) is 24.0 Å². The van der Waals surface area contributed by atoms with E-state index in [1.165, 1.54) is 25.1 Å². The Kier molecular flexibility index (Phi) is 4.22. The van der Waals surface area contributed by atoms with Crippen LogP contribution in [0.4, 0.5) is 23.2 Å². The molecular formula is C17H15F4N3O. The minimum Gasteiger partial charge on any atom is -0.381 e. The average Bonchev–Trinajstić information content (AvgIpc) is 3.28. The monoisotopic (exact) mass is 353 g/mol. The molecule has 0 spiro atoms. The quantitative estimate of drug-likeness (QED) is 0.660. The molecule has 132 valence electrons. The van der Waals surface area contributed by atoms with Crippen molar-refractivity contribution >= 4 is 12.0 Å². The van der Waals surface area contributed by atoms with Crippen molar-refractivity contribution in [3.63, 3.8) is 0 Å². The van der Waals surface area contributed by atoms with Crippen molar-refractivity contribution in [2.24, 2.45) is 5.92 Å². The van der Waals surface area contributed by atoms with E-state index in [2.05, 4.69) is 15.3 Å². The number of carbonyl (C=O) groups is 1. The molecule has 0 bridgehead atoms. The standard InChI is InChI=1S/C17H15F4N3O/c1-10-22-7-14(15(24-10)17(19,20)21)23-9-16(6-12(16)8-25)11-3-2-4-13(18)5-11/h2-5,7-8,12,23H,6,9H2,1H3/t12-,16+/m0/s1. The molecule has 0 radical (unpaired) electrons. The van der Waals surface area contributed by atoms with Crippen molar-refractivity contribution in [3.05, 3.63) is 53.4 Å². The zero-order chi connectivity index (χ0) is 18.2. The van der Waals surface area contributed by atoms with E-state index in [0.29, 0.717) is 12.0 Å². The van der Waals surface area contributed by atoms with E-state index in [0.717, 1.165) is 12.5 Å². The van der Waals surface area contributed by atoms with Gasteiger partial charge in [0.05, 0.1) is 11.9 Å². The SMILES string of the molecule is Cc1ncc(NC[C@@]2(c3cccc(F)c3)C[C@H]2C=O)c(C(F)(F)F)n1. The summed E-state index contributed by atoms with van der Waals surface area (Å²) in [6.45, 7) is 1.42. The topological polar surface area (TPSA) is 54.9 Å². The van der Waals surface area contributed by atoms with Gasteiger partial charge >= 0.3 is 6.18 Å². The summed E-state index contributed by atoms with van der Waals surface area (Å²) in [7, 11) is 0. The third kappa shape index (κ3) is 3.33. The van der Waals surface area contributed by atoms with Gasteiger partial charge in [0.1, 0.15) is 17.9 Å². The molecule has 1 aromatic carbocycles. The first-order valence-corrected chi connectivity index (χ1v) is 7.62. The molecule has 0 amide bonds. The predicted molar refractivity (Wildman–Crippen MR) is 82.5 cm³/mol. The van der Waals surface area contributed by atoms with Crippen LogP contribution in [0, 0.1) is 18.7 Å². The molecule has 8 heteroatoms. The van der Waals surface area contributed by atoms with Gasteiger partial charge in [0.25, 0.3) is 0 Å². The van der Waals surface area contributed by atoms with Gasteiger partial charge < -0.3 is 10.1 Å². The number of halogens is 4. The zero-order valence-corrected chi connectivity index (χ0v) is 13.3. The second-order valence-electron chi connectivity index (χ2n) is 6.14. The molecule has 0 unspecified atom stereocenters. The number of aromatic nitrogens is 2. The molecule has 1 aliphatic carbocycles. The van der Waals surface area contributed by atoms with Crippen LogP contribution in [-0.4, -0.2) is 22.8 Å². The van der Waals surface area contributed by atoms with E-state index in [9.17, 15) is 22.4 Å². The van der Waals surface area contributed by atoms with Crippen LogP contribution in [0.25, 0.3) is 0 Å². The number of nitrogens with zero attached hydrogens (tertiary/aromatic N) is 2. The smallest absolute Gasteiger partial charge is 0.381 e. The number of nitrogens with one attached hydrogen (secondary N) is 1. The average molecular weight is 353 g/mol. The Bertz CT molecular complexity index is 809. The summed E-state index contributed by atoms with van der Waals surface area (Å²) < 4.78 is 52.9. The molecule has 3 rings (SSSR count). The van der Waals surface area contributed by atoms with Crippen LogP contribution in [0.1, 0.15) is 23.5 Å². The Morgan fingerprint density at radius 1 is 1.40 bits per heavy atom. The van der Waals surface area contributed by atoms with Crippen LogP contribution in [-0.2, 0) is 16.4 Å². The molecule has 4 nitrogen and oxygen atoms in total. The second-order valence-corrected chi connectivity index (χ2v) is 6.14. The number of anilines is 1. The van der Waals surface area contributed by atoms with Crippen LogP contribution < -0.4 is 5.32 Å². The van der Waals surface area contributed by atoms with Crippen molar-refractivity contribution < 1.29 is 22.4 Å². The highest BCUT2D eigenvalue weighted by Crippen LogP contribution is 2.53. The van der Waals surface area contributed by atoms with Crippen molar-refractivity contribution in [1.82, 2.24) is 9.97 Å². The minimum atomic E-state index is -4.63. The first kappa shape index (κ1) is 17.3. The maximum Gasteiger partial charge on any atom is 0.435 e.